The lowest BCUT2D eigenvalue weighted by Gasteiger charge is -2.03. The summed E-state index contributed by atoms with van der Waals surface area (Å²) in [7, 11) is -3.22. The molecule has 0 saturated heterocycles. The van der Waals surface area contributed by atoms with Gasteiger partial charge in [-0.1, -0.05) is 11.6 Å². The summed E-state index contributed by atoms with van der Waals surface area (Å²) >= 11 is 7.14. The number of nitrogens with zero attached hydrogens (tertiary/aromatic N) is 1. The summed E-state index contributed by atoms with van der Waals surface area (Å²) in [4.78, 5) is 3.92. The van der Waals surface area contributed by atoms with Crippen LogP contribution in [0.15, 0.2) is 22.5 Å². The van der Waals surface area contributed by atoms with Crippen LogP contribution in [0.1, 0.15) is 13.8 Å². The fraction of sp³-hybridized carbons (Fsp3) is 0.300. The lowest BCUT2D eigenvalue weighted by Crippen LogP contribution is -2.12. The zero-order valence-electron chi connectivity index (χ0n) is 8.77. The van der Waals surface area contributed by atoms with Gasteiger partial charge in [-0.25, -0.2) is 13.4 Å². The summed E-state index contributed by atoms with van der Waals surface area (Å²) in [5.41, 5.74) is 0. The first-order valence-electron chi connectivity index (χ1n) is 4.71. The molecule has 0 amide bonds. The number of pyridine rings is 1. The van der Waals surface area contributed by atoms with E-state index in [1.807, 2.05) is 0 Å². The lowest BCUT2D eigenvalue weighted by molar-refractivity contribution is 0.589. The van der Waals surface area contributed by atoms with E-state index in [-0.39, 0.29) is 0 Å². The van der Waals surface area contributed by atoms with Crippen LogP contribution < -0.4 is 0 Å². The van der Waals surface area contributed by atoms with Crippen molar-refractivity contribution in [3.05, 3.63) is 23.5 Å². The molecule has 2 heterocycles. The smallest absolute Gasteiger partial charge is 0.190 e. The van der Waals surface area contributed by atoms with E-state index in [1.54, 1.807) is 32.2 Å². The topological polar surface area (TPSA) is 47.0 Å². The molecule has 0 aromatic carbocycles. The van der Waals surface area contributed by atoms with Crippen molar-refractivity contribution in [1.29, 1.82) is 0 Å². The van der Waals surface area contributed by atoms with E-state index < -0.39 is 15.1 Å². The van der Waals surface area contributed by atoms with Crippen molar-refractivity contribution in [2.45, 2.75) is 23.3 Å². The zero-order valence-corrected chi connectivity index (χ0v) is 11.2. The monoisotopic (exact) mass is 275 g/mol. The first-order valence-corrected chi connectivity index (χ1v) is 7.45. The van der Waals surface area contributed by atoms with Gasteiger partial charge in [0.15, 0.2) is 9.84 Å². The molecule has 0 fully saturated rings. The van der Waals surface area contributed by atoms with Crippen LogP contribution in [0, 0.1) is 0 Å². The van der Waals surface area contributed by atoms with Gasteiger partial charge in [-0.3, -0.25) is 0 Å². The van der Waals surface area contributed by atoms with E-state index in [4.69, 9.17) is 11.6 Å². The highest BCUT2D eigenvalue weighted by atomic mass is 35.5. The van der Waals surface area contributed by atoms with Crippen LogP contribution in [-0.2, 0) is 9.84 Å². The molecule has 16 heavy (non-hydrogen) atoms. The largest absolute Gasteiger partial charge is 0.244 e. The van der Waals surface area contributed by atoms with E-state index in [9.17, 15) is 8.42 Å². The van der Waals surface area contributed by atoms with Crippen LogP contribution in [0.3, 0.4) is 0 Å². The predicted molar refractivity (Wildman–Crippen MR) is 67.0 cm³/mol. The first kappa shape index (κ1) is 11.8. The molecule has 2 aromatic heterocycles. The third-order valence-electron chi connectivity index (χ3n) is 2.28. The van der Waals surface area contributed by atoms with Crippen molar-refractivity contribution in [2.75, 3.05) is 0 Å². The maximum atomic E-state index is 12.0. The van der Waals surface area contributed by atoms with E-state index in [1.165, 1.54) is 11.3 Å². The Bertz CT molecular complexity index is 631. The van der Waals surface area contributed by atoms with Gasteiger partial charge >= 0.3 is 0 Å². The molecular formula is C10H10ClNO2S2. The molecule has 86 valence electrons. The number of halogens is 1. The average molecular weight is 276 g/mol. The van der Waals surface area contributed by atoms with Gasteiger partial charge in [-0.05, 0) is 26.0 Å². The summed E-state index contributed by atoms with van der Waals surface area (Å²) in [5.74, 6) is 0. The van der Waals surface area contributed by atoms with Crippen molar-refractivity contribution in [1.82, 2.24) is 4.98 Å². The number of hydrogen-bond donors (Lipinski definition) is 0. The van der Waals surface area contributed by atoms with E-state index in [0.717, 1.165) is 4.70 Å². The van der Waals surface area contributed by atoms with Gasteiger partial charge in [0.25, 0.3) is 0 Å². The minimum atomic E-state index is -3.22. The van der Waals surface area contributed by atoms with Crippen molar-refractivity contribution in [3.63, 3.8) is 0 Å². The van der Waals surface area contributed by atoms with Crippen LogP contribution in [0.5, 0.6) is 0 Å². The highest BCUT2D eigenvalue weighted by Crippen LogP contribution is 2.33. The molecule has 2 aromatic rings. The number of rotatable bonds is 2. The highest BCUT2D eigenvalue weighted by molar-refractivity contribution is 7.94. The van der Waals surface area contributed by atoms with Gasteiger partial charge in [0.1, 0.15) is 9.36 Å². The molecule has 0 spiro atoms. The molecule has 0 N–H and O–H groups in total. The maximum absolute atomic E-state index is 12.0. The highest BCUT2D eigenvalue weighted by Gasteiger charge is 2.22. The fourth-order valence-corrected chi connectivity index (χ4v) is 4.39. The molecular weight excluding hydrogens is 266 g/mol. The minimum Gasteiger partial charge on any atom is -0.244 e. The Morgan fingerprint density at radius 1 is 1.44 bits per heavy atom. The van der Waals surface area contributed by atoms with Crippen LogP contribution in [0.4, 0.5) is 0 Å². The average Bonchev–Trinajstić information content (AvgIpc) is 2.63. The summed E-state index contributed by atoms with van der Waals surface area (Å²) in [6.45, 7) is 3.33. The van der Waals surface area contributed by atoms with Gasteiger partial charge in [0.2, 0.25) is 0 Å². The van der Waals surface area contributed by atoms with Gasteiger partial charge in [0, 0.05) is 16.3 Å². The number of thiophene rings is 1. The Kier molecular flexibility index (Phi) is 2.94. The molecule has 0 saturated carbocycles. The van der Waals surface area contributed by atoms with Crippen molar-refractivity contribution in [3.8, 4) is 0 Å². The number of hydrogen-bond acceptors (Lipinski definition) is 4. The Hall–Kier alpha value is -0.650. The van der Waals surface area contributed by atoms with E-state index >= 15 is 0 Å². The summed E-state index contributed by atoms with van der Waals surface area (Å²) in [6.07, 6.45) is 1.58. The third kappa shape index (κ3) is 1.83. The second-order valence-corrected chi connectivity index (χ2v) is 7.85. The van der Waals surface area contributed by atoms with Crippen LogP contribution in [-0.4, -0.2) is 18.7 Å². The Balaban J connectivity index is 2.70. The third-order valence-corrected chi connectivity index (χ3v) is 6.34. The summed E-state index contributed by atoms with van der Waals surface area (Å²) in [6, 6.07) is 3.37. The van der Waals surface area contributed by atoms with Crippen molar-refractivity contribution in [2.24, 2.45) is 0 Å². The minimum absolute atomic E-state index is 0.346. The Morgan fingerprint density at radius 2 is 2.12 bits per heavy atom. The molecule has 0 bridgehead atoms. The van der Waals surface area contributed by atoms with Crippen LogP contribution in [0.25, 0.3) is 10.1 Å². The molecule has 0 unspecified atom stereocenters. The molecule has 0 aliphatic rings. The van der Waals surface area contributed by atoms with Gasteiger partial charge in [0.05, 0.1) is 5.25 Å². The molecule has 0 aliphatic heterocycles. The van der Waals surface area contributed by atoms with Gasteiger partial charge in [-0.15, -0.1) is 11.3 Å². The van der Waals surface area contributed by atoms with Crippen LogP contribution >= 0.6 is 22.9 Å². The van der Waals surface area contributed by atoms with Crippen molar-refractivity contribution >= 4 is 42.9 Å². The SMILES string of the molecule is CC(C)S(=O)(=O)c1cc2c(Cl)nccc2s1. The molecule has 3 nitrogen and oxygen atoms in total. The normalized spacial score (nSPS) is 12.5. The second-order valence-electron chi connectivity index (χ2n) is 3.67. The molecule has 2 rings (SSSR count). The molecule has 0 atom stereocenters. The van der Waals surface area contributed by atoms with E-state index in [2.05, 4.69) is 4.98 Å². The molecule has 0 radical (unpaired) electrons. The number of fused-ring (bicyclic) bond motifs is 1. The number of aromatic nitrogens is 1. The van der Waals surface area contributed by atoms with Gasteiger partial charge < -0.3 is 0 Å². The standard InChI is InChI=1S/C10H10ClNO2S2/c1-6(2)16(13,14)9-5-7-8(15-9)3-4-12-10(7)11/h3-6H,1-2H3. The zero-order chi connectivity index (χ0) is 11.9. The quantitative estimate of drug-likeness (QED) is 0.791. The second kappa shape index (κ2) is 3.98. The maximum Gasteiger partial charge on any atom is 0.190 e. The fourth-order valence-electron chi connectivity index (χ4n) is 1.28. The molecule has 0 aliphatic carbocycles. The summed E-state index contributed by atoms with van der Waals surface area (Å²) < 4.78 is 25.1. The Morgan fingerprint density at radius 3 is 2.69 bits per heavy atom. The van der Waals surface area contributed by atoms with Crippen LogP contribution in [0.2, 0.25) is 5.15 Å². The number of sulfone groups is 1. The van der Waals surface area contributed by atoms with E-state index in [0.29, 0.717) is 14.7 Å². The Labute approximate surface area is 103 Å². The lowest BCUT2D eigenvalue weighted by atomic mass is 10.3. The first-order chi connectivity index (χ1) is 7.43. The van der Waals surface area contributed by atoms with Crippen molar-refractivity contribution < 1.29 is 8.42 Å². The van der Waals surface area contributed by atoms with Gasteiger partial charge in [-0.2, -0.15) is 0 Å². The predicted octanol–water partition coefficient (Wildman–Crippen LogP) is 3.13. The summed E-state index contributed by atoms with van der Waals surface area (Å²) in [5, 5.41) is 0.625. The molecule has 6 heteroatoms.